The van der Waals surface area contributed by atoms with Crippen molar-refractivity contribution in [2.24, 2.45) is 23.2 Å². The Morgan fingerprint density at radius 2 is 2.31 bits per heavy atom. The molecule has 4 unspecified atom stereocenters. The lowest BCUT2D eigenvalue weighted by Crippen LogP contribution is -2.30. The molecular weight excluding hydrogens is 164 g/mol. The van der Waals surface area contributed by atoms with Gasteiger partial charge in [-0.15, -0.1) is 0 Å². The molecule has 2 heteroatoms. The van der Waals surface area contributed by atoms with E-state index in [-0.39, 0.29) is 11.4 Å². The molecule has 2 bridgehead atoms. The number of hydrogen-bond acceptors (Lipinski definition) is 2. The van der Waals surface area contributed by atoms with Crippen LogP contribution in [0.15, 0.2) is 0 Å². The fourth-order valence-electron chi connectivity index (χ4n) is 3.82. The second-order valence-electron chi connectivity index (χ2n) is 5.31. The summed E-state index contributed by atoms with van der Waals surface area (Å²) in [4.78, 5) is 11.1. The molecule has 2 saturated carbocycles. The molecule has 2 aliphatic carbocycles. The normalized spacial score (nSPS) is 53.3. The Morgan fingerprint density at radius 3 is 2.77 bits per heavy atom. The average molecular weight is 180 g/mol. The van der Waals surface area contributed by atoms with E-state index in [9.17, 15) is 4.79 Å². The highest BCUT2D eigenvalue weighted by Gasteiger charge is 2.57. The third kappa shape index (κ3) is 0.918. The van der Waals surface area contributed by atoms with Crippen LogP contribution in [0, 0.1) is 23.2 Å². The third-order valence-electron chi connectivity index (χ3n) is 4.60. The van der Waals surface area contributed by atoms with Gasteiger partial charge in [0.05, 0.1) is 13.0 Å². The summed E-state index contributed by atoms with van der Waals surface area (Å²) in [5.41, 5.74) is 0.286. The average Bonchev–Trinajstić information content (AvgIpc) is 2.68. The van der Waals surface area contributed by atoms with Gasteiger partial charge in [-0.3, -0.25) is 4.79 Å². The van der Waals surface area contributed by atoms with Crippen molar-refractivity contribution in [1.29, 1.82) is 0 Å². The van der Waals surface area contributed by atoms with Gasteiger partial charge in [-0.25, -0.2) is 0 Å². The lowest BCUT2D eigenvalue weighted by molar-refractivity contribution is -0.137. The number of fused-ring (bicyclic) bond motifs is 3. The minimum Gasteiger partial charge on any atom is -0.465 e. The van der Waals surface area contributed by atoms with Crippen LogP contribution in [-0.2, 0) is 9.53 Å². The predicted octanol–water partition coefficient (Wildman–Crippen LogP) is 1.99. The van der Waals surface area contributed by atoms with Gasteiger partial charge in [-0.05, 0) is 37.0 Å². The number of rotatable bonds is 0. The first kappa shape index (κ1) is 7.84. The minimum atomic E-state index is 0.0419. The SMILES string of the molecule is CC1CC2CC1CC21COC(=O)C1. The van der Waals surface area contributed by atoms with Gasteiger partial charge in [0.1, 0.15) is 0 Å². The van der Waals surface area contributed by atoms with Gasteiger partial charge in [0.2, 0.25) is 0 Å². The molecule has 0 radical (unpaired) electrons. The molecule has 1 aliphatic heterocycles. The van der Waals surface area contributed by atoms with Gasteiger partial charge in [0.15, 0.2) is 0 Å². The van der Waals surface area contributed by atoms with Gasteiger partial charge in [-0.1, -0.05) is 6.92 Å². The predicted molar refractivity (Wildman–Crippen MR) is 48.0 cm³/mol. The van der Waals surface area contributed by atoms with Crippen LogP contribution in [-0.4, -0.2) is 12.6 Å². The minimum absolute atomic E-state index is 0.0419. The van der Waals surface area contributed by atoms with Crippen LogP contribution in [0.1, 0.15) is 32.6 Å². The Kier molecular flexibility index (Phi) is 1.38. The number of carbonyl (C=O) groups excluding carboxylic acids is 1. The standard InChI is InChI=1S/C11H16O2/c1-7-2-9-3-8(7)4-11(9)5-10(12)13-6-11/h7-9H,2-6H2,1H3. The van der Waals surface area contributed by atoms with Gasteiger partial charge in [0.25, 0.3) is 0 Å². The summed E-state index contributed by atoms with van der Waals surface area (Å²) in [5, 5.41) is 0. The fraction of sp³-hybridized carbons (Fsp3) is 0.909. The summed E-state index contributed by atoms with van der Waals surface area (Å²) in [7, 11) is 0. The maximum absolute atomic E-state index is 11.1. The lowest BCUT2D eigenvalue weighted by atomic mass is 9.70. The molecule has 1 saturated heterocycles. The molecule has 1 spiro atoms. The molecule has 0 aromatic heterocycles. The van der Waals surface area contributed by atoms with Crippen molar-refractivity contribution in [3.8, 4) is 0 Å². The van der Waals surface area contributed by atoms with Crippen LogP contribution >= 0.6 is 0 Å². The molecular formula is C11H16O2. The molecule has 13 heavy (non-hydrogen) atoms. The first-order chi connectivity index (χ1) is 6.20. The van der Waals surface area contributed by atoms with E-state index < -0.39 is 0 Å². The highest BCUT2D eigenvalue weighted by atomic mass is 16.5. The van der Waals surface area contributed by atoms with E-state index in [1.165, 1.54) is 19.3 Å². The Labute approximate surface area is 78.6 Å². The molecule has 0 aromatic carbocycles. The fourth-order valence-corrected chi connectivity index (χ4v) is 3.82. The van der Waals surface area contributed by atoms with Crippen LogP contribution in [0.25, 0.3) is 0 Å². The van der Waals surface area contributed by atoms with E-state index in [4.69, 9.17) is 4.74 Å². The maximum atomic E-state index is 11.1. The number of ether oxygens (including phenoxy) is 1. The first-order valence-corrected chi connectivity index (χ1v) is 5.35. The molecule has 2 nitrogen and oxygen atoms in total. The Hall–Kier alpha value is -0.530. The van der Waals surface area contributed by atoms with Gasteiger partial charge >= 0.3 is 5.97 Å². The second kappa shape index (κ2) is 2.28. The van der Waals surface area contributed by atoms with E-state index >= 15 is 0 Å². The highest BCUT2D eigenvalue weighted by Crippen LogP contribution is 2.61. The first-order valence-electron chi connectivity index (χ1n) is 5.35. The summed E-state index contributed by atoms with van der Waals surface area (Å²) in [6, 6.07) is 0. The molecule has 0 amide bonds. The molecule has 1 heterocycles. The molecule has 4 atom stereocenters. The number of esters is 1. The molecule has 72 valence electrons. The Balaban J connectivity index is 1.85. The number of hydrogen-bond donors (Lipinski definition) is 0. The van der Waals surface area contributed by atoms with Crippen molar-refractivity contribution in [3.05, 3.63) is 0 Å². The van der Waals surface area contributed by atoms with E-state index in [0.717, 1.165) is 24.4 Å². The largest absolute Gasteiger partial charge is 0.465 e. The zero-order chi connectivity index (χ0) is 9.05. The van der Waals surface area contributed by atoms with Crippen LogP contribution in [0.2, 0.25) is 0 Å². The molecule has 3 rings (SSSR count). The molecule has 3 fully saturated rings. The van der Waals surface area contributed by atoms with E-state index in [1.807, 2.05) is 0 Å². The topological polar surface area (TPSA) is 26.3 Å². The Morgan fingerprint density at radius 1 is 1.46 bits per heavy atom. The van der Waals surface area contributed by atoms with E-state index in [1.54, 1.807) is 0 Å². The van der Waals surface area contributed by atoms with Crippen LogP contribution < -0.4 is 0 Å². The molecule has 0 N–H and O–H groups in total. The maximum Gasteiger partial charge on any atom is 0.306 e. The van der Waals surface area contributed by atoms with Crippen molar-refractivity contribution >= 4 is 5.97 Å². The van der Waals surface area contributed by atoms with Crippen molar-refractivity contribution in [3.63, 3.8) is 0 Å². The van der Waals surface area contributed by atoms with Crippen molar-refractivity contribution in [2.75, 3.05) is 6.61 Å². The number of cyclic esters (lactones) is 1. The van der Waals surface area contributed by atoms with Gasteiger partial charge in [0, 0.05) is 5.41 Å². The second-order valence-corrected chi connectivity index (χ2v) is 5.31. The lowest BCUT2D eigenvalue weighted by Gasteiger charge is -2.33. The van der Waals surface area contributed by atoms with Gasteiger partial charge in [-0.2, -0.15) is 0 Å². The Bertz CT molecular complexity index is 259. The van der Waals surface area contributed by atoms with E-state index in [0.29, 0.717) is 6.42 Å². The third-order valence-corrected chi connectivity index (χ3v) is 4.60. The van der Waals surface area contributed by atoms with Crippen LogP contribution in [0.4, 0.5) is 0 Å². The number of carbonyl (C=O) groups is 1. The summed E-state index contributed by atoms with van der Waals surface area (Å²) in [6.07, 6.45) is 4.66. The van der Waals surface area contributed by atoms with Crippen molar-refractivity contribution in [2.45, 2.75) is 32.6 Å². The quantitative estimate of drug-likeness (QED) is 0.533. The summed E-state index contributed by atoms with van der Waals surface area (Å²) >= 11 is 0. The van der Waals surface area contributed by atoms with Crippen LogP contribution in [0.5, 0.6) is 0 Å². The van der Waals surface area contributed by atoms with Crippen molar-refractivity contribution < 1.29 is 9.53 Å². The van der Waals surface area contributed by atoms with E-state index in [2.05, 4.69) is 6.92 Å². The van der Waals surface area contributed by atoms with Crippen molar-refractivity contribution in [1.82, 2.24) is 0 Å². The zero-order valence-electron chi connectivity index (χ0n) is 8.08. The zero-order valence-corrected chi connectivity index (χ0v) is 8.08. The molecule has 0 aromatic rings. The van der Waals surface area contributed by atoms with Crippen LogP contribution in [0.3, 0.4) is 0 Å². The highest BCUT2D eigenvalue weighted by molar-refractivity contribution is 5.72. The summed E-state index contributed by atoms with van der Waals surface area (Å²) in [6.45, 7) is 3.08. The smallest absolute Gasteiger partial charge is 0.306 e. The van der Waals surface area contributed by atoms with Gasteiger partial charge < -0.3 is 4.74 Å². The molecule has 3 aliphatic rings. The monoisotopic (exact) mass is 180 g/mol. The summed E-state index contributed by atoms with van der Waals surface area (Å²) < 4.78 is 5.14. The summed E-state index contributed by atoms with van der Waals surface area (Å²) in [5.74, 6) is 2.62.